The summed E-state index contributed by atoms with van der Waals surface area (Å²) in [6.07, 6.45) is 3.35. The molecule has 8 heteroatoms. The molecule has 0 saturated carbocycles. The van der Waals surface area contributed by atoms with Gasteiger partial charge in [0, 0.05) is 44.9 Å². The first-order chi connectivity index (χ1) is 16.2. The highest BCUT2D eigenvalue weighted by Gasteiger charge is 2.28. The first kappa shape index (κ1) is 23.9. The number of benzene rings is 1. The van der Waals surface area contributed by atoms with Crippen molar-refractivity contribution < 1.29 is 23.8 Å². The van der Waals surface area contributed by atoms with Crippen LogP contribution in [-0.2, 0) is 20.8 Å². The molecule has 2 aliphatic rings. The minimum Gasteiger partial charge on any atom is -0.389 e. The van der Waals surface area contributed by atoms with Crippen molar-refractivity contribution in [3.05, 3.63) is 48.6 Å². The quantitative estimate of drug-likeness (QED) is 0.385. The van der Waals surface area contributed by atoms with E-state index in [0.717, 1.165) is 61.8 Å². The molecule has 0 amide bonds. The fourth-order valence-electron chi connectivity index (χ4n) is 4.42. The number of hydrogen-bond donors (Lipinski definition) is 1. The van der Waals surface area contributed by atoms with Gasteiger partial charge in [-0.2, -0.15) is 0 Å². The number of rotatable bonds is 12. The molecule has 33 heavy (non-hydrogen) atoms. The third-order valence-corrected chi connectivity index (χ3v) is 6.00. The van der Waals surface area contributed by atoms with Crippen molar-refractivity contribution in [2.24, 2.45) is 0 Å². The van der Waals surface area contributed by atoms with E-state index in [-0.39, 0.29) is 12.7 Å². The van der Waals surface area contributed by atoms with Gasteiger partial charge < -0.3 is 28.7 Å². The van der Waals surface area contributed by atoms with Gasteiger partial charge in [0.2, 0.25) is 5.88 Å². The molecule has 1 aromatic heterocycles. The molecule has 1 N–H and O–H groups in total. The van der Waals surface area contributed by atoms with Crippen LogP contribution in [0.25, 0.3) is 11.3 Å². The van der Waals surface area contributed by atoms with E-state index >= 15 is 0 Å². The van der Waals surface area contributed by atoms with Gasteiger partial charge in [-0.3, -0.25) is 4.90 Å². The van der Waals surface area contributed by atoms with Crippen LogP contribution in [0, 0.1) is 0 Å². The van der Waals surface area contributed by atoms with Crippen LogP contribution in [0.2, 0.25) is 0 Å². The molecular formula is C25H35N3O5. The summed E-state index contributed by atoms with van der Waals surface area (Å²) < 4.78 is 22.8. The molecule has 2 aromatic rings. The fraction of sp³-hybridized carbons (Fsp3) is 0.560. The lowest BCUT2D eigenvalue weighted by molar-refractivity contribution is 0.00857. The maximum atomic E-state index is 10.6. The SMILES string of the molecule is C=CCOC[C@H](O)CN(Cc1c(-c2ccccc2)noc1N1CCOCC1)C[C@@H]1CCCO1. The monoisotopic (exact) mass is 457 g/mol. The van der Waals surface area contributed by atoms with Crippen LogP contribution in [-0.4, -0.2) is 86.6 Å². The number of aromatic nitrogens is 1. The predicted molar refractivity (Wildman–Crippen MR) is 126 cm³/mol. The molecule has 2 fully saturated rings. The Kier molecular flexibility index (Phi) is 8.91. The van der Waals surface area contributed by atoms with Gasteiger partial charge in [-0.15, -0.1) is 6.58 Å². The second kappa shape index (κ2) is 12.3. The minimum absolute atomic E-state index is 0.165. The Labute approximate surface area is 195 Å². The van der Waals surface area contributed by atoms with E-state index in [9.17, 15) is 5.11 Å². The summed E-state index contributed by atoms with van der Waals surface area (Å²) in [5.74, 6) is 0.784. The summed E-state index contributed by atoms with van der Waals surface area (Å²) in [7, 11) is 0. The second-order valence-electron chi connectivity index (χ2n) is 8.59. The van der Waals surface area contributed by atoms with Crippen molar-refractivity contribution >= 4 is 5.88 Å². The van der Waals surface area contributed by atoms with Gasteiger partial charge >= 0.3 is 0 Å². The van der Waals surface area contributed by atoms with Crippen LogP contribution >= 0.6 is 0 Å². The third kappa shape index (κ3) is 6.65. The molecule has 0 unspecified atom stereocenters. The lowest BCUT2D eigenvalue weighted by Gasteiger charge is -2.30. The van der Waals surface area contributed by atoms with Crippen molar-refractivity contribution in [3.8, 4) is 11.3 Å². The third-order valence-electron chi connectivity index (χ3n) is 6.00. The molecule has 0 spiro atoms. The Morgan fingerprint density at radius 2 is 2.06 bits per heavy atom. The summed E-state index contributed by atoms with van der Waals surface area (Å²) in [6.45, 7) is 9.81. The maximum absolute atomic E-state index is 10.6. The molecule has 0 bridgehead atoms. The Bertz CT molecular complexity index is 847. The van der Waals surface area contributed by atoms with E-state index in [4.69, 9.17) is 18.7 Å². The first-order valence-electron chi connectivity index (χ1n) is 11.8. The van der Waals surface area contributed by atoms with Crippen molar-refractivity contribution in [2.75, 3.05) is 64.1 Å². The van der Waals surface area contributed by atoms with Crippen LogP contribution in [0.5, 0.6) is 0 Å². The average Bonchev–Trinajstić information content (AvgIpc) is 3.50. The highest BCUT2D eigenvalue weighted by Crippen LogP contribution is 2.33. The van der Waals surface area contributed by atoms with Crippen LogP contribution in [0.15, 0.2) is 47.5 Å². The zero-order valence-corrected chi connectivity index (χ0v) is 19.2. The molecule has 2 aliphatic heterocycles. The summed E-state index contributed by atoms with van der Waals surface area (Å²) in [5, 5.41) is 15.1. The van der Waals surface area contributed by atoms with Crippen molar-refractivity contribution in [1.82, 2.24) is 10.1 Å². The van der Waals surface area contributed by atoms with E-state index in [0.29, 0.717) is 32.9 Å². The second-order valence-corrected chi connectivity index (χ2v) is 8.59. The van der Waals surface area contributed by atoms with Crippen LogP contribution in [0.1, 0.15) is 18.4 Å². The molecular weight excluding hydrogens is 422 g/mol. The summed E-state index contributed by atoms with van der Waals surface area (Å²) >= 11 is 0. The summed E-state index contributed by atoms with van der Waals surface area (Å²) in [5.41, 5.74) is 2.88. The molecule has 4 rings (SSSR count). The molecule has 180 valence electrons. The molecule has 3 heterocycles. The van der Waals surface area contributed by atoms with Crippen LogP contribution in [0.4, 0.5) is 5.88 Å². The highest BCUT2D eigenvalue weighted by atomic mass is 16.5. The number of aliphatic hydroxyl groups excluding tert-OH is 1. The van der Waals surface area contributed by atoms with Crippen molar-refractivity contribution in [2.45, 2.75) is 31.6 Å². The highest BCUT2D eigenvalue weighted by molar-refractivity contribution is 5.68. The molecule has 8 nitrogen and oxygen atoms in total. The van der Waals surface area contributed by atoms with Gasteiger partial charge in [0.05, 0.1) is 44.2 Å². The van der Waals surface area contributed by atoms with Crippen LogP contribution < -0.4 is 4.90 Å². The zero-order valence-electron chi connectivity index (χ0n) is 19.2. The Morgan fingerprint density at radius 1 is 1.24 bits per heavy atom. The van der Waals surface area contributed by atoms with E-state index in [1.807, 2.05) is 30.3 Å². The van der Waals surface area contributed by atoms with Crippen LogP contribution in [0.3, 0.4) is 0 Å². The number of hydrogen-bond acceptors (Lipinski definition) is 8. The average molecular weight is 458 g/mol. The van der Waals surface area contributed by atoms with Crippen molar-refractivity contribution in [1.29, 1.82) is 0 Å². The minimum atomic E-state index is -0.613. The molecule has 0 aliphatic carbocycles. The standard InChI is InChI=1S/C25H35N3O5/c1-2-12-31-19-21(29)16-27(17-22-9-6-13-32-22)18-23-24(20-7-4-3-5-8-20)26-33-25(23)28-10-14-30-15-11-28/h2-5,7-8,21-22,29H,1,6,9-19H2/t21-,22+/m1/s1. The van der Waals surface area contributed by atoms with E-state index in [2.05, 4.69) is 21.5 Å². The predicted octanol–water partition coefficient (Wildman–Crippen LogP) is 2.72. The van der Waals surface area contributed by atoms with Gasteiger partial charge in [-0.05, 0) is 12.8 Å². The number of aliphatic hydroxyl groups is 1. The van der Waals surface area contributed by atoms with E-state index in [1.165, 1.54) is 0 Å². The van der Waals surface area contributed by atoms with Gasteiger partial charge in [-0.25, -0.2) is 0 Å². The number of nitrogens with zero attached hydrogens (tertiary/aromatic N) is 3. The lowest BCUT2D eigenvalue weighted by atomic mass is 10.1. The first-order valence-corrected chi connectivity index (χ1v) is 11.8. The fourth-order valence-corrected chi connectivity index (χ4v) is 4.42. The number of morpholine rings is 1. The summed E-state index contributed by atoms with van der Waals surface area (Å²) in [6, 6.07) is 10.1. The Balaban J connectivity index is 1.58. The van der Waals surface area contributed by atoms with E-state index < -0.39 is 6.10 Å². The maximum Gasteiger partial charge on any atom is 0.232 e. The van der Waals surface area contributed by atoms with Gasteiger partial charge in [0.25, 0.3) is 0 Å². The topological polar surface area (TPSA) is 80.4 Å². The normalized spacial score (nSPS) is 19.8. The Morgan fingerprint density at radius 3 is 2.79 bits per heavy atom. The summed E-state index contributed by atoms with van der Waals surface area (Å²) in [4.78, 5) is 4.44. The molecule has 2 saturated heterocycles. The number of anilines is 1. The van der Waals surface area contributed by atoms with E-state index in [1.54, 1.807) is 6.08 Å². The molecule has 0 radical (unpaired) electrons. The van der Waals surface area contributed by atoms with Crippen molar-refractivity contribution in [3.63, 3.8) is 0 Å². The van der Waals surface area contributed by atoms with Gasteiger partial charge in [-0.1, -0.05) is 41.6 Å². The molecule has 2 atom stereocenters. The lowest BCUT2D eigenvalue weighted by Crippen LogP contribution is -2.40. The van der Waals surface area contributed by atoms with Gasteiger partial charge in [0.1, 0.15) is 5.69 Å². The smallest absolute Gasteiger partial charge is 0.232 e. The Hall–Kier alpha value is -2.23. The number of ether oxygens (including phenoxy) is 3. The molecule has 1 aromatic carbocycles. The van der Waals surface area contributed by atoms with Gasteiger partial charge in [0.15, 0.2) is 0 Å². The largest absolute Gasteiger partial charge is 0.389 e. The zero-order chi connectivity index (χ0) is 22.9.